The first-order chi connectivity index (χ1) is 14.6. The van der Waals surface area contributed by atoms with Crippen LogP contribution in [0.3, 0.4) is 0 Å². The number of carboxylic acids is 1. The predicted molar refractivity (Wildman–Crippen MR) is 101 cm³/mol. The molecule has 166 valence electrons. The number of benzene rings is 1. The van der Waals surface area contributed by atoms with Gasteiger partial charge < -0.3 is 14.6 Å². The highest BCUT2D eigenvalue weighted by atomic mass is 32.1. The van der Waals surface area contributed by atoms with Crippen LogP contribution >= 0.6 is 22.9 Å². The predicted octanol–water partition coefficient (Wildman–Crippen LogP) is 5.17. The van der Waals surface area contributed by atoms with E-state index in [0.717, 1.165) is 23.5 Å². The molecular formula is C18H13F5N2O4S2. The molecule has 0 bridgehead atoms. The van der Waals surface area contributed by atoms with E-state index in [0.29, 0.717) is 5.06 Å². The number of nitrogens with zero attached hydrogens (tertiary/aromatic N) is 2. The number of thiazole rings is 1. The van der Waals surface area contributed by atoms with Gasteiger partial charge in [0.15, 0.2) is 22.4 Å². The van der Waals surface area contributed by atoms with Gasteiger partial charge in [-0.25, -0.2) is 13.8 Å². The van der Waals surface area contributed by atoms with Gasteiger partial charge in [-0.3, -0.25) is 4.79 Å². The summed E-state index contributed by atoms with van der Waals surface area (Å²) in [6.45, 7) is -0.815. The molecule has 6 nitrogen and oxygen atoms in total. The van der Waals surface area contributed by atoms with Crippen LogP contribution in [0.25, 0.3) is 10.7 Å². The second-order valence-electron chi connectivity index (χ2n) is 6.10. The number of hydrogen-bond acceptors (Lipinski definition) is 7. The molecule has 0 radical (unpaired) electrons. The van der Waals surface area contributed by atoms with Crippen molar-refractivity contribution in [2.45, 2.75) is 25.6 Å². The van der Waals surface area contributed by atoms with Crippen molar-refractivity contribution >= 4 is 28.8 Å². The van der Waals surface area contributed by atoms with E-state index in [-0.39, 0.29) is 40.6 Å². The lowest BCUT2D eigenvalue weighted by atomic mass is 10.1. The van der Waals surface area contributed by atoms with Gasteiger partial charge in [0.25, 0.3) is 0 Å². The van der Waals surface area contributed by atoms with Gasteiger partial charge in [-0.1, -0.05) is 11.3 Å². The summed E-state index contributed by atoms with van der Waals surface area (Å²) in [5, 5.41) is 9.14. The van der Waals surface area contributed by atoms with Crippen LogP contribution in [0.1, 0.15) is 22.4 Å². The van der Waals surface area contributed by atoms with Crippen molar-refractivity contribution in [3.63, 3.8) is 0 Å². The Morgan fingerprint density at radius 3 is 2.45 bits per heavy atom. The van der Waals surface area contributed by atoms with E-state index >= 15 is 0 Å². The number of carbonyl (C=O) groups is 1. The summed E-state index contributed by atoms with van der Waals surface area (Å²) in [6.07, 6.45) is -3.90. The van der Waals surface area contributed by atoms with E-state index in [1.54, 1.807) is 0 Å². The third-order valence-electron chi connectivity index (χ3n) is 3.98. The van der Waals surface area contributed by atoms with Crippen molar-refractivity contribution in [3.05, 3.63) is 46.0 Å². The van der Waals surface area contributed by atoms with Crippen molar-refractivity contribution in [2.75, 3.05) is 7.11 Å². The lowest BCUT2D eigenvalue weighted by Gasteiger charge is -2.12. The van der Waals surface area contributed by atoms with E-state index in [9.17, 15) is 26.7 Å². The average Bonchev–Trinajstić information content (AvgIpc) is 3.31. The van der Waals surface area contributed by atoms with E-state index in [4.69, 9.17) is 14.6 Å². The highest BCUT2D eigenvalue weighted by Gasteiger charge is 2.38. The highest BCUT2D eigenvalue weighted by Crippen LogP contribution is 2.42. The zero-order valence-corrected chi connectivity index (χ0v) is 17.3. The Kier molecular flexibility index (Phi) is 6.74. The second kappa shape index (κ2) is 9.14. The minimum atomic E-state index is -4.76. The van der Waals surface area contributed by atoms with Crippen LogP contribution in [-0.2, 0) is 24.0 Å². The summed E-state index contributed by atoms with van der Waals surface area (Å²) in [4.78, 5) is 13.5. The standard InChI is InChI=1S/C18H13F5N2O4S2/c1-28-13-6-24-17(30-13)14-9(16(31-25-14)18(21,22)23)7-29-15-10(19)4-8(5-11(15)20)2-3-12(26)27/h4-6H,2-3,7H2,1H3,(H,26,27). The SMILES string of the molecule is COc1cnc(-c2nsc(C(F)(F)F)c2COc2c(F)cc(CCC(=O)O)cc2F)s1. The maximum absolute atomic E-state index is 14.3. The van der Waals surface area contributed by atoms with Gasteiger partial charge in [-0.2, -0.15) is 17.5 Å². The van der Waals surface area contributed by atoms with Crippen LogP contribution in [0.15, 0.2) is 18.3 Å². The smallest absolute Gasteiger partial charge is 0.427 e. The molecule has 1 N–H and O–H groups in total. The molecule has 0 amide bonds. The maximum Gasteiger partial charge on any atom is 0.427 e. The number of methoxy groups -OCH3 is 1. The van der Waals surface area contributed by atoms with Crippen molar-refractivity contribution in [1.82, 2.24) is 9.36 Å². The molecule has 0 atom stereocenters. The fourth-order valence-electron chi connectivity index (χ4n) is 2.59. The molecule has 2 heterocycles. The van der Waals surface area contributed by atoms with Crippen LogP contribution in [0.2, 0.25) is 0 Å². The van der Waals surface area contributed by atoms with Crippen LogP contribution in [-0.4, -0.2) is 27.5 Å². The summed E-state index contributed by atoms with van der Waals surface area (Å²) in [6, 6.07) is 1.76. The molecule has 1 aromatic carbocycles. The van der Waals surface area contributed by atoms with Crippen molar-refractivity contribution in [2.24, 2.45) is 0 Å². The van der Waals surface area contributed by atoms with Crippen LogP contribution in [0.5, 0.6) is 10.8 Å². The van der Waals surface area contributed by atoms with Gasteiger partial charge in [-0.15, -0.1) is 0 Å². The molecule has 0 spiro atoms. The summed E-state index contributed by atoms with van der Waals surface area (Å²) >= 11 is 1.13. The summed E-state index contributed by atoms with van der Waals surface area (Å²) in [5.74, 6) is -4.33. The van der Waals surface area contributed by atoms with Gasteiger partial charge >= 0.3 is 12.1 Å². The monoisotopic (exact) mass is 480 g/mol. The largest absolute Gasteiger partial charge is 0.486 e. The normalized spacial score (nSPS) is 11.5. The Morgan fingerprint density at radius 2 is 1.90 bits per heavy atom. The summed E-state index contributed by atoms with van der Waals surface area (Å²) in [7, 11) is 1.37. The molecule has 0 saturated carbocycles. The van der Waals surface area contributed by atoms with E-state index in [2.05, 4.69) is 9.36 Å². The third kappa shape index (κ3) is 5.28. The Bertz CT molecular complexity index is 1070. The van der Waals surface area contributed by atoms with Crippen LogP contribution in [0.4, 0.5) is 22.0 Å². The van der Waals surface area contributed by atoms with Gasteiger partial charge in [0.2, 0.25) is 0 Å². The lowest BCUT2D eigenvalue weighted by molar-refractivity contribution is -0.137. The first-order valence-electron chi connectivity index (χ1n) is 8.48. The Balaban J connectivity index is 1.90. The number of aryl methyl sites for hydroxylation is 1. The minimum Gasteiger partial charge on any atom is -0.486 e. The van der Waals surface area contributed by atoms with E-state index < -0.39 is 46.6 Å². The average molecular weight is 480 g/mol. The topological polar surface area (TPSA) is 81.5 Å². The first kappa shape index (κ1) is 22.9. The molecule has 3 rings (SSSR count). The quantitative estimate of drug-likeness (QED) is 0.448. The van der Waals surface area contributed by atoms with Gasteiger partial charge in [0, 0.05) is 12.0 Å². The molecular weight excluding hydrogens is 467 g/mol. The van der Waals surface area contributed by atoms with Crippen molar-refractivity contribution in [3.8, 4) is 21.5 Å². The Labute approximate surface area is 180 Å². The first-order valence-corrected chi connectivity index (χ1v) is 10.1. The Hall–Kier alpha value is -2.80. The van der Waals surface area contributed by atoms with Crippen molar-refractivity contribution in [1.29, 1.82) is 0 Å². The summed E-state index contributed by atoms with van der Waals surface area (Å²) in [5.41, 5.74) is -0.457. The summed E-state index contributed by atoms with van der Waals surface area (Å²) < 4.78 is 82.7. The third-order valence-corrected chi connectivity index (χ3v) is 5.88. The van der Waals surface area contributed by atoms with Crippen LogP contribution < -0.4 is 9.47 Å². The zero-order chi connectivity index (χ0) is 22.8. The number of carboxylic acid groups (broad SMARTS) is 1. The number of hydrogen-bond donors (Lipinski definition) is 1. The molecule has 0 aliphatic carbocycles. The number of ether oxygens (including phenoxy) is 2. The number of alkyl halides is 3. The second-order valence-corrected chi connectivity index (χ2v) is 7.86. The highest BCUT2D eigenvalue weighted by molar-refractivity contribution is 7.17. The minimum absolute atomic E-state index is 0.0773. The van der Waals surface area contributed by atoms with Gasteiger partial charge in [-0.05, 0) is 35.6 Å². The number of halogens is 5. The fraction of sp³-hybridized carbons (Fsp3) is 0.278. The van der Waals surface area contributed by atoms with Crippen LogP contribution in [0, 0.1) is 11.6 Å². The molecule has 2 aromatic heterocycles. The zero-order valence-electron chi connectivity index (χ0n) is 15.6. The molecule has 0 fully saturated rings. The number of rotatable bonds is 8. The van der Waals surface area contributed by atoms with Crippen molar-refractivity contribution < 1.29 is 41.3 Å². The lowest BCUT2D eigenvalue weighted by Crippen LogP contribution is -2.09. The molecule has 13 heteroatoms. The molecule has 0 aliphatic heterocycles. The molecule has 0 unspecified atom stereocenters. The molecule has 0 saturated heterocycles. The molecule has 31 heavy (non-hydrogen) atoms. The maximum atomic E-state index is 14.3. The Morgan fingerprint density at radius 1 is 1.23 bits per heavy atom. The van der Waals surface area contributed by atoms with Gasteiger partial charge in [0.05, 0.1) is 13.3 Å². The van der Waals surface area contributed by atoms with E-state index in [1.165, 1.54) is 13.3 Å². The van der Waals surface area contributed by atoms with Gasteiger partial charge in [0.1, 0.15) is 22.2 Å². The van der Waals surface area contributed by atoms with E-state index in [1.807, 2.05) is 0 Å². The number of aliphatic carboxylic acids is 1. The fourth-order valence-corrected chi connectivity index (χ4v) is 4.14. The molecule has 0 aliphatic rings. The number of aromatic nitrogens is 2. The molecule has 3 aromatic rings.